The first-order valence-electron chi connectivity index (χ1n) is 3.86. The van der Waals surface area contributed by atoms with Crippen molar-refractivity contribution in [3.05, 3.63) is 0 Å². The summed E-state index contributed by atoms with van der Waals surface area (Å²) in [5.74, 6) is 0.439. The van der Waals surface area contributed by atoms with Crippen LogP contribution in [0.2, 0.25) is 0 Å². The van der Waals surface area contributed by atoms with Gasteiger partial charge >= 0.3 is 5.97 Å². The maximum atomic E-state index is 11.1. The highest BCUT2D eigenvalue weighted by molar-refractivity contribution is 7.80. The summed E-state index contributed by atoms with van der Waals surface area (Å²) in [5, 5.41) is 0. The first-order chi connectivity index (χ1) is 5.07. The molecule has 1 unspecified atom stereocenters. The first kappa shape index (κ1) is 10.8. The second kappa shape index (κ2) is 5.47. The van der Waals surface area contributed by atoms with Crippen LogP contribution < -0.4 is 0 Å². The topological polar surface area (TPSA) is 26.3 Å². The maximum Gasteiger partial charge on any atom is 0.308 e. The molecule has 0 heterocycles. The van der Waals surface area contributed by atoms with Gasteiger partial charge in [-0.1, -0.05) is 19.6 Å². The Morgan fingerprint density at radius 2 is 2.00 bits per heavy atom. The third kappa shape index (κ3) is 5.13. The van der Waals surface area contributed by atoms with Crippen LogP contribution in [0.5, 0.6) is 0 Å². The van der Waals surface area contributed by atoms with Crippen LogP contribution in [-0.2, 0) is 9.53 Å². The van der Waals surface area contributed by atoms with Gasteiger partial charge in [-0.25, -0.2) is 0 Å². The number of carbonyl (C=O) groups excluding carboxylic acids is 1. The fraction of sp³-hybridized carbons (Fsp3) is 0.875. The van der Waals surface area contributed by atoms with Crippen LogP contribution in [0.15, 0.2) is 0 Å². The second-order valence-corrected chi connectivity index (χ2v) is 3.29. The van der Waals surface area contributed by atoms with Gasteiger partial charge in [0, 0.05) is 5.75 Å². The minimum Gasteiger partial charge on any atom is -0.463 e. The lowest BCUT2D eigenvalue weighted by Crippen LogP contribution is -2.19. The normalized spacial score (nSPS) is 13.2. The van der Waals surface area contributed by atoms with Crippen LogP contribution in [0.25, 0.3) is 0 Å². The van der Waals surface area contributed by atoms with E-state index < -0.39 is 0 Å². The van der Waals surface area contributed by atoms with E-state index in [1.165, 1.54) is 0 Å². The lowest BCUT2D eigenvalue weighted by atomic mass is 10.1. The molecule has 0 amide bonds. The van der Waals surface area contributed by atoms with Crippen molar-refractivity contribution in [1.29, 1.82) is 0 Å². The molecule has 0 bridgehead atoms. The average molecular weight is 175 g/mol. The van der Waals surface area contributed by atoms with Crippen molar-refractivity contribution in [2.24, 2.45) is 5.92 Å². The Morgan fingerprint density at radius 3 is 2.36 bits per heavy atom. The Bertz CT molecular complexity index is 123. The molecule has 65 valence electrons. The summed E-state index contributed by atoms with van der Waals surface area (Å²) in [5.41, 5.74) is 0. The number of hydrogen-bond donors (Lipinski definition) is 0. The van der Waals surface area contributed by atoms with E-state index in [0.717, 1.165) is 6.42 Å². The van der Waals surface area contributed by atoms with Crippen molar-refractivity contribution < 1.29 is 9.53 Å². The highest BCUT2D eigenvalue weighted by atomic mass is 32.1. The maximum absolute atomic E-state index is 11.1. The number of carbonyl (C=O) groups is 1. The van der Waals surface area contributed by atoms with Gasteiger partial charge in [0.2, 0.25) is 0 Å². The third-order valence-corrected chi connectivity index (χ3v) is 1.54. The molecule has 11 heavy (non-hydrogen) atoms. The van der Waals surface area contributed by atoms with E-state index in [9.17, 15) is 4.79 Å². The van der Waals surface area contributed by atoms with E-state index in [4.69, 9.17) is 17.4 Å². The molecule has 0 N–H and O–H groups in total. The summed E-state index contributed by atoms with van der Waals surface area (Å²) in [6.45, 7) is 5.54. The van der Waals surface area contributed by atoms with Gasteiger partial charge in [0.05, 0.1) is 12.0 Å². The highest BCUT2D eigenvalue weighted by Gasteiger charge is 2.14. The number of ether oxygens (including phenoxy) is 1. The van der Waals surface area contributed by atoms with Crippen LogP contribution >= 0.6 is 12.6 Å². The Labute approximate surface area is 73.7 Å². The first-order valence-corrected chi connectivity index (χ1v) is 4.44. The summed E-state index contributed by atoms with van der Waals surface area (Å²) < 4.78 is 4.98. The molecule has 0 aromatic carbocycles. The summed E-state index contributed by atoms with van der Waals surface area (Å²) in [4.78, 5) is 11.1. The zero-order valence-corrected chi connectivity index (χ0v) is 8.11. The van der Waals surface area contributed by atoms with Crippen LogP contribution in [0.1, 0.15) is 27.2 Å². The molecular weight excluding hydrogens is 160 g/mol. The second-order valence-electron chi connectivity index (χ2n) is 2.88. The van der Waals surface area contributed by atoms with E-state index in [1.807, 2.05) is 20.8 Å². The molecule has 2 nitrogen and oxygen atoms in total. The Morgan fingerprint density at radius 1 is 1.45 bits per heavy atom. The van der Waals surface area contributed by atoms with Crippen molar-refractivity contribution in [2.75, 3.05) is 5.75 Å². The largest absolute Gasteiger partial charge is 0.463 e. The lowest BCUT2D eigenvalue weighted by molar-refractivity contribution is -0.151. The summed E-state index contributed by atoms with van der Waals surface area (Å²) >= 11 is 4.75. The summed E-state index contributed by atoms with van der Waals surface area (Å²) in [6.07, 6.45) is 0.719. The lowest BCUT2D eigenvalue weighted by Gasteiger charge is -2.12. The van der Waals surface area contributed by atoms with Crippen LogP contribution in [0.3, 0.4) is 0 Å². The third-order valence-electron chi connectivity index (χ3n) is 1.31. The quantitative estimate of drug-likeness (QED) is 0.612. The average Bonchev–Trinajstić information content (AvgIpc) is 1.86. The van der Waals surface area contributed by atoms with Crippen LogP contribution in [-0.4, -0.2) is 17.8 Å². The molecule has 1 atom stereocenters. The molecule has 1 radical (unpaired) electrons. The van der Waals surface area contributed by atoms with Crippen molar-refractivity contribution in [3.8, 4) is 0 Å². The molecule has 0 aliphatic carbocycles. The molecule has 0 fully saturated rings. The predicted octanol–water partition coefficient (Wildman–Crippen LogP) is 2.16. The SMILES string of the molecule is CC(C)OC(=O)C(C)CC[S]. The molecule has 3 heteroatoms. The Hall–Kier alpha value is -0.180. The van der Waals surface area contributed by atoms with Crippen molar-refractivity contribution in [2.45, 2.75) is 33.3 Å². The van der Waals surface area contributed by atoms with Gasteiger partial charge < -0.3 is 4.74 Å². The number of rotatable bonds is 4. The summed E-state index contributed by atoms with van der Waals surface area (Å²) in [6, 6.07) is 0. The highest BCUT2D eigenvalue weighted by Crippen LogP contribution is 2.06. The van der Waals surface area contributed by atoms with E-state index in [0.29, 0.717) is 5.75 Å². The van der Waals surface area contributed by atoms with Crippen molar-refractivity contribution in [1.82, 2.24) is 0 Å². The molecular formula is C8H15O2S. The number of hydrogen-bond acceptors (Lipinski definition) is 2. The molecule has 0 rings (SSSR count). The van der Waals surface area contributed by atoms with E-state index in [-0.39, 0.29) is 18.0 Å². The van der Waals surface area contributed by atoms with Gasteiger partial charge in [0.1, 0.15) is 0 Å². The van der Waals surface area contributed by atoms with Gasteiger partial charge in [-0.15, -0.1) is 0 Å². The Kier molecular flexibility index (Phi) is 5.38. The van der Waals surface area contributed by atoms with Gasteiger partial charge in [-0.2, -0.15) is 0 Å². The van der Waals surface area contributed by atoms with Gasteiger partial charge in [-0.05, 0) is 20.3 Å². The zero-order valence-electron chi connectivity index (χ0n) is 7.29. The van der Waals surface area contributed by atoms with Crippen LogP contribution in [0.4, 0.5) is 0 Å². The van der Waals surface area contributed by atoms with Gasteiger partial charge in [-0.3, -0.25) is 4.79 Å². The Balaban J connectivity index is 3.64. The zero-order chi connectivity index (χ0) is 8.85. The fourth-order valence-corrected chi connectivity index (χ4v) is 0.997. The van der Waals surface area contributed by atoms with E-state index in [1.54, 1.807) is 0 Å². The van der Waals surface area contributed by atoms with Crippen molar-refractivity contribution in [3.63, 3.8) is 0 Å². The smallest absolute Gasteiger partial charge is 0.308 e. The minimum absolute atomic E-state index is 0.0185. The van der Waals surface area contributed by atoms with Crippen molar-refractivity contribution >= 4 is 18.6 Å². The molecule has 0 saturated carbocycles. The monoisotopic (exact) mass is 175 g/mol. The standard InChI is InChI=1S/C8H15O2S/c1-6(2)10-8(9)7(3)4-5-11/h6-7H,4-5H2,1-3H3. The van der Waals surface area contributed by atoms with Gasteiger partial charge in [0.15, 0.2) is 0 Å². The minimum atomic E-state index is -0.134. The molecule has 0 aliphatic heterocycles. The van der Waals surface area contributed by atoms with E-state index in [2.05, 4.69) is 0 Å². The molecule has 0 saturated heterocycles. The van der Waals surface area contributed by atoms with Crippen LogP contribution in [0, 0.1) is 5.92 Å². The number of esters is 1. The fourth-order valence-electron chi connectivity index (χ4n) is 0.643. The predicted molar refractivity (Wildman–Crippen MR) is 47.5 cm³/mol. The molecule has 0 aliphatic rings. The van der Waals surface area contributed by atoms with E-state index >= 15 is 0 Å². The van der Waals surface area contributed by atoms with Gasteiger partial charge in [0.25, 0.3) is 0 Å². The molecule has 0 spiro atoms. The molecule has 0 aromatic heterocycles. The molecule has 0 aromatic rings. The summed E-state index contributed by atoms with van der Waals surface area (Å²) in [7, 11) is 0.